The number of hydrogen-bond donors (Lipinski definition) is 2. The van der Waals surface area contributed by atoms with E-state index in [0.717, 1.165) is 38.0 Å². The smallest absolute Gasteiger partial charge is 0.227 e. The van der Waals surface area contributed by atoms with Crippen molar-refractivity contribution in [1.82, 2.24) is 10.6 Å². The lowest BCUT2D eigenvalue weighted by molar-refractivity contribution is -0.123. The fraction of sp³-hybridized carbons (Fsp3) is 0.588. The van der Waals surface area contributed by atoms with Crippen LogP contribution in [0, 0.1) is 5.92 Å². The molecule has 0 fully saturated rings. The van der Waals surface area contributed by atoms with Crippen LogP contribution < -0.4 is 10.6 Å². The van der Waals surface area contributed by atoms with Gasteiger partial charge in [-0.2, -0.15) is 0 Å². The van der Waals surface area contributed by atoms with E-state index in [0.29, 0.717) is 5.92 Å². The van der Waals surface area contributed by atoms with Gasteiger partial charge in [-0.3, -0.25) is 4.79 Å². The third-order valence-electron chi connectivity index (χ3n) is 3.73. The molecule has 1 aromatic carbocycles. The van der Waals surface area contributed by atoms with Crippen LogP contribution in [-0.4, -0.2) is 25.5 Å². The Kier molecular flexibility index (Phi) is 7.97. The minimum absolute atomic E-state index is 0.0414. The Balaban J connectivity index is 2.58. The molecule has 0 radical (unpaired) electrons. The molecular weight excluding hydrogens is 248 g/mol. The topological polar surface area (TPSA) is 41.1 Å². The van der Waals surface area contributed by atoms with Gasteiger partial charge in [-0.15, -0.1) is 0 Å². The standard InChI is InChI=1S/C17H28N2O/c1-4-14(3)16(15-10-7-6-8-11-15)17(20)19-13-9-12-18-5-2/h6-8,10-11,14,16,18H,4-5,9,12-13H2,1-3H3,(H,19,20). The van der Waals surface area contributed by atoms with Crippen LogP contribution in [0.3, 0.4) is 0 Å². The zero-order chi connectivity index (χ0) is 14.8. The molecule has 2 N–H and O–H groups in total. The van der Waals surface area contributed by atoms with Crippen LogP contribution in [0.2, 0.25) is 0 Å². The molecule has 0 spiro atoms. The van der Waals surface area contributed by atoms with Crippen LogP contribution in [0.1, 0.15) is 45.1 Å². The molecule has 0 aromatic heterocycles. The SMILES string of the molecule is CCNCCCNC(=O)C(c1ccccc1)C(C)CC. The van der Waals surface area contributed by atoms with Crippen molar-refractivity contribution in [1.29, 1.82) is 0 Å². The maximum atomic E-state index is 12.4. The molecule has 1 amide bonds. The maximum Gasteiger partial charge on any atom is 0.227 e. The molecule has 0 aliphatic carbocycles. The van der Waals surface area contributed by atoms with Gasteiger partial charge in [0.05, 0.1) is 5.92 Å². The second-order valence-corrected chi connectivity index (χ2v) is 5.27. The highest BCUT2D eigenvalue weighted by Crippen LogP contribution is 2.26. The summed E-state index contributed by atoms with van der Waals surface area (Å²) in [5.41, 5.74) is 1.12. The van der Waals surface area contributed by atoms with Crippen LogP contribution in [0.4, 0.5) is 0 Å². The highest BCUT2D eigenvalue weighted by Gasteiger charge is 2.25. The molecule has 20 heavy (non-hydrogen) atoms. The highest BCUT2D eigenvalue weighted by atomic mass is 16.1. The van der Waals surface area contributed by atoms with Crippen molar-refractivity contribution in [3.8, 4) is 0 Å². The minimum Gasteiger partial charge on any atom is -0.356 e. The van der Waals surface area contributed by atoms with Gasteiger partial charge in [0.25, 0.3) is 0 Å². The van der Waals surface area contributed by atoms with Crippen LogP contribution in [0.5, 0.6) is 0 Å². The third-order valence-corrected chi connectivity index (χ3v) is 3.73. The first kappa shape index (κ1) is 16.7. The van der Waals surface area contributed by atoms with E-state index in [2.05, 4.69) is 43.5 Å². The summed E-state index contributed by atoms with van der Waals surface area (Å²) in [5, 5.41) is 6.34. The zero-order valence-corrected chi connectivity index (χ0v) is 13.0. The van der Waals surface area contributed by atoms with Crippen molar-refractivity contribution in [2.45, 2.75) is 39.5 Å². The van der Waals surface area contributed by atoms with Crippen LogP contribution in [0.25, 0.3) is 0 Å². The lowest BCUT2D eigenvalue weighted by Crippen LogP contribution is -2.34. The molecule has 3 heteroatoms. The van der Waals surface area contributed by atoms with Gasteiger partial charge in [-0.25, -0.2) is 0 Å². The molecule has 0 saturated carbocycles. The monoisotopic (exact) mass is 276 g/mol. The number of carbonyl (C=O) groups is 1. The predicted molar refractivity (Wildman–Crippen MR) is 84.8 cm³/mol. The van der Waals surface area contributed by atoms with E-state index in [1.807, 2.05) is 18.2 Å². The Bertz CT molecular complexity index is 378. The largest absolute Gasteiger partial charge is 0.356 e. The van der Waals surface area contributed by atoms with Gasteiger partial charge in [0.2, 0.25) is 5.91 Å². The summed E-state index contributed by atoms with van der Waals surface area (Å²) < 4.78 is 0. The Morgan fingerprint density at radius 2 is 1.85 bits per heavy atom. The first-order valence-electron chi connectivity index (χ1n) is 7.74. The Morgan fingerprint density at radius 1 is 1.15 bits per heavy atom. The molecule has 1 rings (SSSR count). The number of amides is 1. The van der Waals surface area contributed by atoms with E-state index >= 15 is 0 Å². The highest BCUT2D eigenvalue weighted by molar-refractivity contribution is 5.83. The summed E-state index contributed by atoms with van der Waals surface area (Å²) in [6, 6.07) is 10.1. The molecule has 112 valence electrons. The predicted octanol–water partition coefficient (Wildman–Crippen LogP) is 2.93. The Labute approximate surface area is 123 Å². The second kappa shape index (κ2) is 9.54. The average molecular weight is 276 g/mol. The van der Waals surface area contributed by atoms with Crippen LogP contribution in [0.15, 0.2) is 30.3 Å². The number of carbonyl (C=O) groups excluding carboxylic acids is 1. The molecular formula is C17H28N2O. The minimum atomic E-state index is -0.0414. The van der Waals surface area contributed by atoms with E-state index in [1.54, 1.807) is 0 Å². The number of nitrogens with one attached hydrogen (secondary N) is 2. The first-order chi connectivity index (χ1) is 9.70. The normalized spacial score (nSPS) is 13.8. The van der Waals surface area contributed by atoms with Gasteiger partial charge in [-0.1, -0.05) is 57.5 Å². The molecule has 0 aliphatic heterocycles. The number of benzene rings is 1. The summed E-state index contributed by atoms with van der Waals surface area (Å²) in [7, 11) is 0. The summed E-state index contributed by atoms with van der Waals surface area (Å²) in [6.07, 6.45) is 1.98. The van der Waals surface area contributed by atoms with Gasteiger partial charge >= 0.3 is 0 Å². The van der Waals surface area contributed by atoms with Crippen LogP contribution >= 0.6 is 0 Å². The molecule has 0 saturated heterocycles. The zero-order valence-electron chi connectivity index (χ0n) is 13.0. The van der Waals surface area contributed by atoms with Gasteiger partial charge in [-0.05, 0) is 31.0 Å². The molecule has 0 heterocycles. The van der Waals surface area contributed by atoms with E-state index in [4.69, 9.17) is 0 Å². The van der Waals surface area contributed by atoms with Crippen molar-refractivity contribution in [3.63, 3.8) is 0 Å². The lowest BCUT2D eigenvalue weighted by Gasteiger charge is -2.22. The average Bonchev–Trinajstić information content (AvgIpc) is 2.48. The van der Waals surface area contributed by atoms with Gasteiger partial charge in [0.1, 0.15) is 0 Å². The summed E-state index contributed by atoms with van der Waals surface area (Å²) in [6.45, 7) is 9.05. The molecule has 3 nitrogen and oxygen atoms in total. The maximum absolute atomic E-state index is 12.4. The first-order valence-corrected chi connectivity index (χ1v) is 7.74. The van der Waals surface area contributed by atoms with Crippen molar-refractivity contribution in [2.24, 2.45) is 5.92 Å². The lowest BCUT2D eigenvalue weighted by atomic mass is 9.85. The Morgan fingerprint density at radius 3 is 2.45 bits per heavy atom. The third kappa shape index (κ3) is 5.33. The van der Waals surface area contributed by atoms with Gasteiger partial charge < -0.3 is 10.6 Å². The summed E-state index contributed by atoms with van der Waals surface area (Å²) in [4.78, 5) is 12.4. The summed E-state index contributed by atoms with van der Waals surface area (Å²) >= 11 is 0. The van der Waals surface area contributed by atoms with Crippen molar-refractivity contribution < 1.29 is 4.79 Å². The Hall–Kier alpha value is -1.35. The summed E-state index contributed by atoms with van der Waals surface area (Å²) in [5.74, 6) is 0.466. The van der Waals surface area contributed by atoms with E-state index in [1.165, 1.54) is 0 Å². The molecule has 0 bridgehead atoms. The van der Waals surface area contributed by atoms with Gasteiger partial charge in [0.15, 0.2) is 0 Å². The van der Waals surface area contributed by atoms with Crippen molar-refractivity contribution >= 4 is 5.91 Å². The molecule has 0 aliphatic rings. The van der Waals surface area contributed by atoms with E-state index < -0.39 is 0 Å². The second-order valence-electron chi connectivity index (χ2n) is 5.27. The fourth-order valence-corrected chi connectivity index (χ4v) is 2.35. The van der Waals surface area contributed by atoms with Crippen molar-refractivity contribution in [2.75, 3.05) is 19.6 Å². The van der Waals surface area contributed by atoms with E-state index in [-0.39, 0.29) is 11.8 Å². The van der Waals surface area contributed by atoms with Crippen LogP contribution in [-0.2, 0) is 4.79 Å². The molecule has 2 unspecified atom stereocenters. The number of hydrogen-bond acceptors (Lipinski definition) is 2. The van der Waals surface area contributed by atoms with E-state index in [9.17, 15) is 4.79 Å². The van der Waals surface area contributed by atoms with Crippen molar-refractivity contribution in [3.05, 3.63) is 35.9 Å². The molecule has 2 atom stereocenters. The number of rotatable bonds is 9. The molecule has 1 aromatic rings. The van der Waals surface area contributed by atoms with Gasteiger partial charge in [0, 0.05) is 6.54 Å². The fourth-order valence-electron chi connectivity index (χ4n) is 2.35. The quantitative estimate of drug-likeness (QED) is 0.681.